The first-order valence-electron chi connectivity index (χ1n) is 4.63. The Morgan fingerprint density at radius 3 is 2.85 bits per heavy atom. The van der Waals surface area contributed by atoms with Crippen LogP contribution in [0.25, 0.3) is 0 Å². The Morgan fingerprint density at radius 1 is 1.54 bits per heavy atom. The van der Waals surface area contributed by atoms with Gasteiger partial charge < -0.3 is 0 Å². The first-order valence-corrected chi connectivity index (χ1v) is 4.63. The summed E-state index contributed by atoms with van der Waals surface area (Å²) in [6.45, 7) is 4.27. The van der Waals surface area contributed by atoms with Gasteiger partial charge in [0.25, 0.3) is 0 Å². The van der Waals surface area contributed by atoms with Crippen LogP contribution in [0, 0.1) is 24.2 Å². The molecule has 1 nitrogen and oxygen atoms in total. The molecule has 0 aliphatic heterocycles. The normalized spacial score (nSPS) is 31.0. The van der Waals surface area contributed by atoms with Crippen LogP contribution in [-0.2, 0) is 5.41 Å². The molecule has 0 bridgehead atoms. The summed E-state index contributed by atoms with van der Waals surface area (Å²) in [5, 5.41) is 8.82. The van der Waals surface area contributed by atoms with Crippen LogP contribution in [0.4, 0.5) is 0 Å². The predicted octanol–water partition coefficient (Wildman–Crippen LogP) is 2.80. The zero-order valence-electron chi connectivity index (χ0n) is 8.04. The van der Waals surface area contributed by atoms with E-state index in [1.807, 2.05) is 0 Å². The average Bonchev–Trinajstić information content (AvgIpc) is 2.79. The van der Waals surface area contributed by atoms with Crippen molar-refractivity contribution in [3.8, 4) is 6.07 Å². The van der Waals surface area contributed by atoms with Crippen molar-refractivity contribution in [2.45, 2.75) is 25.7 Å². The summed E-state index contributed by atoms with van der Waals surface area (Å²) in [5.74, 6) is 0.231. The molecule has 0 N–H and O–H groups in total. The molecule has 1 aromatic carbocycles. The van der Waals surface area contributed by atoms with Crippen LogP contribution in [-0.4, -0.2) is 0 Å². The van der Waals surface area contributed by atoms with E-state index < -0.39 is 0 Å². The van der Waals surface area contributed by atoms with Gasteiger partial charge in [0.15, 0.2) is 0 Å². The Labute approximate surface area is 79.0 Å². The number of aryl methyl sites for hydroxylation is 1. The maximum absolute atomic E-state index is 8.82. The van der Waals surface area contributed by atoms with E-state index >= 15 is 0 Å². The van der Waals surface area contributed by atoms with Crippen LogP contribution in [0.1, 0.15) is 24.5 Å². The molecule has 1 aliphatic carbocycles. The second-order valence-electron chi connectivity index (χ2n) is 4.17. The van der Waals surface area contributed by atoms with Gasteiger partial charge in [-0.1, -0.05) is 36.8 Å². The Kier molecular flexibility index (Phi) is 1.66. The number of rotatable bonds is 1. The minimum absolute atomic E-state index is 0.140. The molecule has 2 rings (SSSR count). The molecular weight excluding hydrogens is 158 g/mol. The molecule has 2 unspecified atom stereocenters. The lowest BCUT2D eigenvalue weighted by molar-refractivity contribution is 0.741. The van der Waals surface area contributed by atoms with Crippen molar-refractivity contribution in [1.82, 2.24) is 0 Å². The summed E-state index contributed by atoms with van der Waals surface area (Å²) in [6.07, 6.45) is 1.02. The second kappa shape index (κ2) is 2.60. The van der Waals surface area contributed by atoms with Crippen LogP contribution in [0.2, 0.25) is 0 Å². The van der Waals surface area contributed by atoms with Gasteiger partial charge in [-0.25, -0.2) is 0 Å². The van der Waals surface area contributed by atoms with Crippen LogP contribution in [0.15, 0.2) is 24.3 Å². The fourth-order valence-corrected chi connectivity index (χ4v) is 1.87. The Bertz CT molecular complexity index is 375. The van der Waals surface area contributed by atoms with Crippen LogP contribution < -0.4 is 0 Å². The molecule has 66 valence electrons. The fourth-order valence-electron chi connectivity index (χ4n) is 1.87. The standard InChI is InChI=1S/C12H13N/c1-9-4-3-5-10(6-9)12(2)7-11(12)8-13/h3-6,11H,7H2,1-2H3. The van der Waals surface area contributed by atoms with Crippen LogP contribution >= 0.6 is 0 Å². The molecule has 0 amide bonds. The molecule has 1 heteroatoms. The van der Waals surface area contributed by atoms with Crippen molar-refractivity contribution in [3.05, 3.63) is 35.4 Å². The molecule has 13 heavy (non-hydrogen) atoms. The molecule has 0 aromatic heterocycles. The van der Waals surface area contributed by atoms with E-state index in [9.17, 15) is 0 Å². The molecule has 1 fully saturated rings. The van der Waals surface area contributed by atoms with E-state index in [1.54, 1.807) is 0 Å². The molecular formula is C12H13N. The Balaban J connectivity index is 2.34. The first-order chi connectivity index (χ1) is 6.16. The van der Waals surface area contributed by atoms with Gasteiger partial charge in [0.05, 0.1) is 12.0 Å². The highest BCUT2D eigenvalue weighted by Crippen LogP contribution is 2.53. The summed E-state index contributed by atoms with van der Waals surface area (Å²) in [5.41, 5.74) is 2.74. The maximum Gasteiger partial charge on any atom is 0.0665 e. The Morgan fingerprint density at radius 2 is 2.31 bits per heavy atom. The smallest absolute Gasteiger partial charge is 0.0665 e. The molecule has 2 atom stereocenters. The minimum Gasteiger partial charge on any atom is -0.198 e. The summed E-state index contributed by atoms with van der Waals surface area (Å²) in [6, 6.07) is 10.8. The average molecular weight is 171 g/mol. The third kappa shape index (κ3) is 1.23. The quantitative estimate of drug-likeness (QED) is 0.637. The number of benzene rings is 1. The Hall–Kier alpha value is -1.29. The molecule has 1 saturated carbocycles. The molecule has 1 aromatic rings. The summed E-state index contributed by atoms with van der Waals surface area (Å²) >= 11 is 0. The molecule has 0 saturated heterocycles. The van der Waals surface area contributed by atoms with Crippen molar-refractivity contribution in [2.24, 2.45) is 5.92 Å². The monoisotopic (exact) mass is 171 g/mol. The van der Waals surface area contributed by atoms with Crippen molar-refractivity contribution in [1.29, 1.82) is 5.26 Å². The van der Waals surface area contributed by atoms with Crippen molar-refractivity contribution in [3.63, 3.8) is 0 Å². The maximum atomic E-state index is 8.82. The van der Waals surface area contributed by atoms with Gasteiger partial charge in [-0.2, -0.15) is 5.26 Å². The zero-order valence-corrected chi connectivity index (χ0v) is 8.04. The zero-order chi connectivity index (χ0) is 9.47. The fraction of sp³-hybridized carbons (Fsp3) is 0.417. The van der Waals surface area contributed by atoms with Gasteiger partial charge in [0, 0.05) is 5.41 Å². The highest BCUT2D eigenvalue weighted by atomic mass is 14.5. The lowest BCUT2D eigenvalue weighted by atomic mass is 9.94. The van der Waals surface area contributed by atoms with Crippen molar-refractivity contribution >= 4 is 0 Å². The lowest BCUT2D eigenvalue weighted by Gasteiger charge is -2.09. The van der Waals surface area contributed by atoms with Gasteiger partial charge in [-0.05, 0) is 18.9 Å². The van der Waals surface area contributed by atoms with Gasteiger partial charge in [0.2, 0.25) is 0 Å². The van der Waals surface area contributed by atoms with E-state index in [0.29, 0.717) is 0 Å². The van der Waals surface area contributed by atoms with Gasteiger partial charge in [-0.3, -0.25) is 0 Å². The number of hydrogen-bond acceptors (Lipinski definition) is 1. The van der Waals surface area contributed by atoms with Crippen molar-refractivity contribution in [2.75, 3.05) is 0 Å². The molecule has 1 aliphatic rings. The SMILES string of the molecule is Cc1cccc(C2(C)CC2C#N)c1. The first kappa shape index (κ1) is 8.31. The highest BCUT2D eigenvalue weighted by molar-refractivity contribution is 5.37. The van der Waals surface area contributed by atoms with E-state index in [1.165, 1.54) is 11.1 Å². The molecule has 0 heterocycles. The highest BCUT2D eigenvalue weighted by Gasteiger charge is 2.51. The summed E-state index contributed by atoms with van der Waals surface area (Å²) in [7, 11) is 0. The lowest BCUT2D eigenvalue weighted by Crippen LogP contribution is -2.03. The van der Waals surface area contributed by atoms with E-state index in [0.717, 1.165) is 6.42 Å². The van der Waals surface area contributed by atoms with E-state index in [2.05, 4.69) is 44.2 Å². The topological polar surface area (TPSA) is 23.8 Å². The summed E-state index contributed by atoms with van der Waals surface area (Å²) < 4.78 is 0. The number of nitrogens with zero attached hydrogens (tertiary/aromatic N) is 1. The van der Waals surface area contributed by atoms with Gasteiger partial charge >= 0.3 is 0 Å². The molecule has 0 spiro atoms. The van der Waals surface area contributed by atoms with Gasteiger partial charge in [-0.15, -0.1) is 0 Å². The number of nitriles is 1. The van der Waals surface area contributed by atoms with Gasteiger partial charge in [0.1, 0.15) is 0 Å². The van der Waals surface area contributed by atoms with E-state index in [4.69, 9.17) is 5.26 Å². The van der Waals surface area contributed by atoms with Crippen LogP contribution in [0.3, 0.4) is 0 Å². The third-order valence-corrected chi connectivity index (χ3v) is 3.07. The minimum atomic E-state index is 0.140. The predicted molar refractivity (Wildman–Crippen MR) is 52.3 cm³/mol. The molecule has 0 radical (unpaired) electrons. The summed E-state index contributed by atoms with van der Waals surface area (Å²) in [4.78, 5) is 0. The third-order valence-electron chi connectivity index (χ3n) is 3.07. The van der Waals surface area contributed by atoms with Crippen molar-refractivity contribution < 1.29 is 0 Å². The van der Waals surface area contributed by atoms with Crippen LogP contribution in [0.5, 0.6) is 0 Å². The largest absolute Gasteiger partial charge is 0.198 e. The van der Waals surface area contributed by atoms with E-state index in [-0.39, 0.29) is 11.3 Å². The second-order valence-corrected chi connectivity index (χ2v) is 4.17. The number of hydrogen-bond donors (Lipinski definition) is 0.